The van der Waals surface area contributed by atoms with E-state index in [9.17, 15) is 4.79 Å². The van der Waals surface area contributed by atoms with E-state index in [-0.39, 0.29) is 11.9 Å². The summed E-state index contributed by atoms with van der Waals surface area (Å²) in [7, 11) is 0. The van der Waals surface area contributed by atoms with Crippen molar-refractivity contribution < 1.29 is 10.0 Å². The molecular formula is C12H17BrN4O2. The maximum Gasteiger partial charge on any atom is 0.319 e. The quantitative estimate of drug-likeness (QED) is 0.219. The molecule has 0 unspecified atom stereocenters. The van der Waals surface area contributed by atoms with Crippen LogP contribution < -0.4 is 16.4 Å². The van der Waals surface area contributed by atoms with Crippen molar-refractivity contribution in [3.8, 4) is 0 Å². The van der Waals surface area contributed by atoms with Crippen LogP contribution in [-0.2, 0) is 0 Å². The molecule has 0 saturated carbocycles. The highest BCUT2D eigenvalue weighted by atomic mass is 79.9. The summed E-state index contributed by atoms with van der Waals surface area (Å²) >= 11 is 3.29. The van der Waals surface area contributed by atoms with Gasteiger partial charge in [-0.15, -0.1) is 0 Å². The van der Waals surface area contributed by atoms with Gasteiger partial charge in [0.2, 0.25) is 0 Å². The second kappa shape index (κ2) is 7.63. The summed E-state index contributed by atoms with van der Waals surface area (Å²) in [6.07, 6.45) is 1.93. The molecule has 0 saturated heterocycles. The Morgan fingerprint density at radius 1 is 1.53 bits per heavy atom. The second-order valence-electron chi connectivity index (χ2n) is 3.91. The molecule has 7 heteroatoms. The van der Waals surface area contributed by atoms with E-state index in [1.165, 1.54) is 0 Å². The number of carbonyl (C=O) groups excluding carboxylic acids is 1. The first-order valence-electron chi connectivity index (χ1n) is 5.90. The van der Waals surface area contributed by atoms with Crippen LogP contribution in [-0.4, -0.2) is 23.6 Å². The van der Waals surface area contributed by atoms with Crippen LogP contribution in [0.2, 0.25) is 0 Å². The van der Waals surface area contributed by atoms with Gasteiger partial charge in [-0.25, -0.2) is 4.79 Å². The van der Waals surface area contributed by atoms with Gasteiger partial charge in [-0.2, -0.15) is 0 Å². The van der Waals surface area contributed by atoms with Gasteiger partial charge in [0.05, 0.1) is 5.69 Å². The number of anilines is 1. The minimum Gasteiger partial charge on any atom is -0.409 e. The molecule has 0 aromatic heterocycles. The van der Waals surface area contributed by atoms with Crippen LogP contribution in [0.15, 0.2) is 27.8 Å². The molecule has 6 nitrogen and oxygen atoms in total. The van der Waals surface area contributed by atoms with E-state index in [1.54, 1.807) is 18.2 Å². The molecule has 19 heavy (non-hydrogen) atoms. The molecule has 0 spiro atoms. The van der Waals surface area contributed by atoms with Gasteiger partial charge in [0.1, 0.15) is 0 Å². The lowest BCUT2D eigenvalue weighted by Gasteiger charge is -2.11. The predicted molar refractivity (Wildman–Crippen MR) is 78.6 cm³/mol. The molecule has 0 aliphatic heterocycles. The highest BCUT2D eigenvalue weighted by Crippen LogP contribution is 2.20. The van der Waals surface area contributed by atoms with Gasteiger partial charge in [-0.3, -0.25) is 0 Å². The van der Waals surface area contributed by atoms with Gasteiger partial charge < -0.3 is 21.6 Å². The predicted octanol–water partition coefficient (Wildman–Crippen LogP) is 2.47. The van der Waals surface area contributed by atoms with Crippen molar-refractivity contribution in [1.29, 1.82) is 0 Å². The Bertz CT molecular complexity index is 477. The number of amides is 2. The lowest BCUT2D eigenvalue weighted by atomic mass is 10.1. The number of nitrogens with one attached hydrogen (secondary N) is 2. The third kappa shape index (κ3) is 4.78. The Hall–Kier alpha value is -1.76. The standard InChI is InChI=1S/C12H17BrN4O2/c1-2-3-6-15-12(18)16-10-5-4-8(13)7-9(10)11(14)17-19/h4-5,7,19H,2-3,6H2,1H3,(H2,14,17)(H2,15,16,18). The SMILES string of the molecule is CCCCNC(=O)Nc1ccc(Br)cc1/C(N)=N/O. The van der Waals surface area contributed by atoms with Gasteiger partial charge in [-0.1, -0.05) is 34.4 Å². The summed E-state index contributed by atoms with van der Waals surface area (Å²) < 4.78 is 0.769. The van der Waals surface area contributed by atoms with Crippen molar-refractivity contribution >= 4 is 33.5 Å². The van der Waals surface area contributed by atoms with Crippen molar-refractivity contribution in [3.63, 3.8) is 0 Å². The fraction of sp³-hybridized carbons (Fsp3) is 0.333. The maximum absolute atomic E-state index is 11.7. The minimum absolute atomic E-state index is 0.0647. The molecule has 2 amide bonds. The van der Waals surface area contributed by atoms with Crippen molar-refractivity contribution in [2.75, 3.05) is 11.9 Å². The largest absolute Gasteiger partial charge is 0.409 e. The van der Waals surface area contributed by atoms with E-state index in [2.05, 4.69) is 31.7 Å². The van der Waals surface area contributed by atoms with Crippen LogP contribution in [0.3, 0.4) is 0 Å². The third-order valence-electron chi connectivity index (χ3n) is 2.43. The molecule has 1 aromatic rings. The summed E-state index contributed by atoms with van der Waals surface area (Å²) in [6.45, 7) is 2.66. The molecule has 0 heterocycles. The Morgan fingerprint density at radius 3 is 2.89 bits per heavy atom. The molecule has 0 bridgehead atoms. The number of rotatable bonds is 5. The first kappa shape index (κ1) is 15.3. The van der Waals surface area contributed by atoms with Gasteiger partial charge in [0.15, 0.2) is 5.84 Å². The Balaban J connectivity index is 2.80. The maximum atomic E-state index is 11.7. The van der Waals surface area contributed by atoms with Gasteiger partial charge in [0.25, 0.3) is 0 Å². The average Bonchev–Trinajstić information content (AvgIpc) is 2.40. The number of nitrogens with zero attached hydrogens (tertiary/aromatic N) is 1. The van der Waals surface area contributed by atoms with Crippen molar-refractivity contribution in [3.05, 3.63) is 28.2 Å². The second-order valence-corrected chi connectivity index (χ2v) is 4.83. The van der Waals surface area contributed by atoms with E-state index in [4.69, 9.17) is 10.9 Å². The highest BCUT2D eigenvalue weighted by molar-refractivity contribution is 9.10. The first-order valence-corrected chi connectivity index (χ1v) is 6.70. The molecule has 1 aromatic carbocycles. The van der Waals surface area contributed by atoms with Crippen LogP contribution in [0.4, 0.5) is 10.5 Å². The van der Waals surface area contributed by atoms with Crippen LogP contribution in [0, 0.1) is 0 Å². The number of amidine groups is 1. The monoisotopic (exact) mass is 328 g/mol. The fourth-order valence-electron chi connectivity index (χ4n) is 1.44. The molecule has 0 atom stereocenters. The zero-order chi connectivity index (χ0) is 14.3. The molecule has 0 aliphatic carbocycles. The molecule has 0 aliphatic rings. The van der Waals surface area contributed by atoms with Crippen molar-refractivity contribution in [2.24, 2.45) is 10.9 Å². The van der Waals surface area contributed by atoms with Gasteiger partial charge >= 0.3 is 6.03 Å². The first-order chi connectivity index (χ1) is 9.08. The lowest BCUT2D eigenvalue weighted by Crippen LogP contribution is -2.30. The number of nitrogens with two attached hydrogens (primary N) is 1. The summed E-state index contributed by atoms with van der Waals surface area (Å²) in [5, 5.41) is 17.1. The third-order valence-corrected chi connectivity index (χ3v) is 2.92. The summed E-state index contributed by atoms with van der Waals surface area (Å²) in [4.78, 5) is 11.7. The van der Waals surface area contributed by atoms with Crippen molar-refractivity contribution in [2.45, 2.75) is 19.8 Å². The number of carbonyl (C=O) groups is 1. The summed E-state index contributed by atoms with van der Waals surface area (Å²) in [5.74, 6) is -0.0647. The van der Waals surface area contributed by atoms with Crippen LogP contribution >= 0.6 is 15.9 Å². The van der Waals surface area contributed by atoms with Gasteiger partial charge in [0, 0.05) is 16.6 Å². The topological polar surface area (TPSA) is 99.7 Å². The van der Waals surface area contributed by atoms with E-state index < -0.39 is 0 Å². The number of hydrogen-bond donors (Lipinski definition) is 4. The van der Waals surface area contributed by atoms with E-state index >= 15 is 0 Å². The summed E-state index contributed by atoms with van der Waals surface area (Å²) in [5.41, 5.74) is 6.49. The Kier molecular flexibility index (Phi) is 6.14. The smallest absolute Gasteiger partial charge is 0.319 e. The number of benzene rings is 1. The number of urea groups is 1. The average molecular weight is 329 g/mol. The van der Waals surface area contributed by atoms with E-state index in [1.807, 2.05) is 6.92 Å². The molecule has 0 radical (unpaired) electrons. The zero-order valence-corrected chi connectivity index (χ0v) is 12.2. The number of halogens is 1. The van der Waals surface area contributed by atoms with E-state index in [0.717, 1.165) is 17.3 Å². The van der Waals surface area contributed by atoms with E-state index in [0.29, 0.717) is 17.8 Å². The Morgan fingerprint density at radius 2 is 2.26 bits per heavy atom. The Labute approximate surface area is 120 Å². The molecule has 5 N–H and O–H groups in total. The molecule has 104 valence electrons. The lowest BCUT2D eigenvalue weighted by molar-refractivity contribution is 0.252. The normalized spacial score (nSPS) is 11.2. The number of unbranched alkanes of at least 4 members (excludes halogenated alkanes) is 1. The molecule has 1 rings (SSSR count). The number of hydrogen-bond acceptors (Lipinski definition) is 3. The van der Waals surface area contributed by atoms with Crippen LogP contribution in [0.25, 0.3) is 0 Å². The minimum atomic E-state index is -0.317. The number of oxime groups is 1. The van der Waals surface area contributed by atoms with Crippen molar-refractivity contribution in [1.82, 2.24) is 5.32 Å². The highest BCUT2D eigenvalue weighted by Gasteiger charge is 2.10. The van der Waals surface area contributed by atoms with Crippen LogP contribution in [0.5, 0.6) is 0 Å². The molecular weight excluding hydrogens is 312 g/mol. The summed E-state index contributed by atoms with van der Waals surface area (Å²) in [6, 6.07) is 4.78. The molecule has 0 fully saturated rings. The zero-order valence-electron chi connectivity index (χ0n) is 10.6. The fourth-order valence-corrected chi connectivity index (χ4v) is 1.80. The van der Waals surface area contributed by atoms with Gasteiger partial charge in [-0.05, 0) is 24.6 Å². The van der Waals surface area contributed by atoms with Crippen LogP contribution in [0.1, 0.15) is 25.3 Å².